The molecule has 0 bridgehead atoms. The van der Waals surface area contributed by atoms with E-state index in [1.54, 1.807) is 6.07 Å². The van der Waals surface area contributed by atoms with E-state index >= 15 is 0 Å². The first-order chi connectivity index (χ1) is 18.2. The Kier molecular flexibility index (Phi) is 7.77. The lowest BCUT2D eigenvalue weighted by atomic mass is 9.99. The van der Waals surface area contributed by atoms with Gasteiger partial charge in [-0.3, -0.25) is 14.5 Å². The molecule has 1 aliphatic carbocycles. The number of carbonyl (C=O) groups is 2. The van der Waals surface area contributed by atoms with Crippen LogP contribution in [0.15, 0.2) is 84.9 Å². The maximum Gasteiger partial charge on any atom is 0.251 e. The van der Waals surface area contributed by atoms with E-state index in [0.29, 0.717) is 23.2 Å². The summed E-state index contributed by atoms with van der Waals surface area (Å²) in [6, 6.07) is 28.1. The number of benzene rings is 4. The van der Waals surface area contributed by atoms with Crippen molar-refractivity contribution in [2.75, 3.05) is 44.2 Å². The molecule has 1 heterocycles. The third-order valence-corrected chi connectivity index (χ3v) is 7.66. The Morgan fingerprint density at radius 3 is 2.26 bits per heavy atom. The highest BCUT2D eigenvalue weighted by atomic mass is 35.5. The number of amides is 1. The van der Waals surface area contributed by atoms with E-state index in [4.69, 9.17) is 0 Å². The summed E-state index contributed by atoms with van der Waals surface area (Å²) in [5.74, 6) is -0.106. The number of halogens is 1. The molecule has 5 nitrogen and oxygen atoms in total. The fourth-order valence-electron chi connectivity index (χ4n) is 5.72. The van der Waals surface area contributed by atoms with Gasteiger partial charge in [0.05, 0.1) is 0 Å². The molecular formula is C32H32ClN3O2. The summed E-state index contributed by atoms with van der Waals surface area (Å²) in [4.78, 5) is 30.8. The van der Waals surface area contributed by atoms with Gasteiger partial charge >= 0.3 is 0 Å². The Labute approximate surface area is 229 Å². The first-order valence-corrected chi connectivity index (χ1v) is 13.2. The van der Waals surface area contributed by atoms with Crippen molar-refractivity contribution < 1.29 is 9.59 Å². The second-order valence-corrected chi connectivity index (χ2v) is 9.89. The average molecular weight is 526 g/mol. The molecule has 1 saturated heterocycles. The Bertz CT molecular complexity index is 1470. The normalized spacial score (nSPS) is 14.6. The van der Waals surface area contributed by atoms with Crippen LogP contribution in [-0.2, 0) is 0 Å². The van der Waals surface area contributed by atoms with Gasteiger partial charge in [-0.2, -0.15) is 0 Å². The number of hydrogen-bond donors (Lipinski definition) is 1. The second-order valence-electron chi connectivity index (χ2n) is 9.89. The molecule has 0 atom stereocenters. The van der Waals surface area contributed by atoms with Crippen molar-refractivity contribution in [2.45, 2.75) is 12.8 Å². The predicted molar refractivity (Wildman–Crippen MR) is 157 cm³/mol. The monoisotopic (exact) mass is 525 g/mol. The van der Waals surface area contributed by atoms with Crippen LogP contribution in [0.25, 0.3) is 21.9 Å². The van der Waals surface area contributed by atoms with Gasteiger partial charge in [0, 0.05) is 66.1 Å². The number of nitrogens with one attached hydrogen (secondary N) is 1. The zero-order valence-electron chi connectivity index (χ0n) is 21.4. The second kappa shape index (κ2) is 11.4. The van der Waals surface area contributed by atoms with Crippen LogP contribution in [0.4, 0.5) is 5.69 Å². The number of ketones is 1. The van der Waals surface area contributed by atoms with Gasteiger partial charge in [0.1, 0.15) is 0 Å². The number of anilines is 1. The van der Waals surface area contributed by atoms with Crippen LogP contribution in [0.3, 0.4) is 0 Å². The quantitative estimate of drug-likeness (QED) is 0.273. The number of hydrogen-bond acceptors (Lipinski definition) is 4. The molecule has 1 amide bonds. The maximum atomic E-state index is 13.0. The highest BCUT2D eigenvalue weighted by molar-refractivity contribution is 6.24. The summed E-state index contributed by atoms with van der Waals surface area (Å²) < 4.78 is 0. The predicted octanol–water partition coefficient (Wildman–Crippen LogP) is 5.81. The van der Waals surface area contributed by atoms with Crippen LogP contribution >= 0.6 is 12.4 Å². The molecule has 6 rings (SSSR count). The van der Waals surface area contributed by atoms with E-state index in [0.717, 1.165) is 56.7 Å². The SMILES string of the molecule is Cl.O=C(NCCCCN1CCN(c2cccc3ccccc23)CC1)c1cccc2c1-c1ccccc1C2=O. The molecule has 0 unspecified atom stereocenters. The van der Waals surface area contributed by atoms with Gasteiger partial charge < -0.3 is 10.2 Å². The minimum Gasteiger partial charge on any atom is -0.368 e. The molecule has 0 saturated carbocycles. The number of carbonyl (C=O) groups excluding carboxylic acids is 2. The van der Waals surface area contributed by atoms with Gasteiger partial charge in [0.25, 0.3) is 5.91 Å². The largest absolute Gasteiger partial charge is 0.368 e. The number of unbranched alkanes of at least 4 members (excludes halogenated alkanes) is 1. The van der Waals surface area contributed by atoms with E-state index in [1.807, 2.05) is 36.4 Å². The molecule has 4 aromatic carbocycles. The van der Waals surface area contributed by atoms with Crippen LogP contribution < -0.4 is 10.2 Å². The van der Waals surface area contributed by atoms with Gasteiger partial charge in [-0.1, -0.05) is 72.8 Å². The smallest absolute Gasteiger partial charge is 0.251 e. The zero-order chi connectivity index (χ0) is 25.2. The minimum absolute atomic E-state index is 0. The van der Waals surface area contributed by atoms with Crippen molar-refractivity contribution in [1.82, 2.24) is 10.2 Å². The average Bonchev–Trinajstić information content (AvgIpc) is 3.25. The van der Waals surface area contributed by atoms with Crippen LogP contribution in [0.2, 0.25) is 0 Å². The van der Waals surface area contributed by atoms with Crippen LogP contribution in [-0.4, -0.2) is 55.9 Å². The number of rotatable bonds is 7. The lowest BCUT2D eigenvalue weighted by molar-refractivity contribution is 0.0953. The lowest BCUT2D eigenvalue weighted by Gasteiger charge is -2.36. The first-order valence-electron chi connectivity index (χ1n) is 13.2. The van der Waals surface area contributed by atoms with Gasteiger partial charge in [-0.15, -0.1) is 12.4 Å². The molecule has 194 valence electrons. The summed E-state index contributed by atoms with van der Waals surface area (Å²) in [5, 5.41) is 5.70. The number of fused-ring (bicyclic) bond motifs is 4. The third-order valence-electron chi connectivity index (χ3n) is 7.66. The molecule has 0 spiro atoms. The number of nitrogens with zero attached hydrogens (tertiary/aromatic N) is 2. The van der Waals surface area contributed by atoms with Gasteiger partial charge in [0.2, 0.25) is 0 Å². The van der Waals surface area contributed by atoms with Gasteiger partial charge in [-0.05, 0) is 42.5 Å². The summed E-state index contributed by atoms with van der Waals surface area (Å²) in [6.45, 7) is 5.85. The van der Waals surface area contributed by atoms with E-state index in [2.05, 4.69) is 57.6 Å². The molecule has 0 radical (unpaired) electrons. The minimum atomic E-state index is -0.106. The fourth-order valence-corrected chi connectivity index (χ4v) is 5.72. The van der Waals surface area contributed by atoms with Crippen molar-refractivity contribution in [1.29, 1.82) is 0 Å². The summed E-state index contributed by atoms with van der Waals surface area (Å²) >= 11 is 0. The third kappa shape index (κ3) is 4.92. The van der Waals surface area contributed by atoms with Crippen molar-refractivity contribution in [2.24, 2.45) is 0 Å². The number of piperazine rings is 1. The Morgan fingerprint density at radius 1 is 0.737 bits per heavy atom. The first kappa shape index (κ1) is 26.0. The van der Waals surface area contributed by atoms with Crippen LogP contribution in [0.5, 0.6) is 0 Å². The lowest BCUT2D eigenvalue weighted by Crippen LogP contribution is -2.46. The van der Waals surface area contributed by atoms with Crippen molar-refractivity contribution in [3.8, 4) is 11.1 Å². The molecule has 38 heavy (non-hydrogen) atoms. The molecular weight excluding hydrogens is 494 g/mol. The molecule has 2 aliphatic rings. The molecule has 1 aliphatic heterocycles. The van der Waals surface area contributed by atoms with Crippen molar-refractivity contribution in [3.63, 3.8) is 0 Å². The molecule has 6 heteroatoms. The maximum absolute atomic E-state index is 13.0. The topological polar surface area (TPSA) is 52.7 Å². The summed E-state index contributed by atoms with van der Waals surface area (Å²) in [7, 11) is 0. The zero-order valence-corrected chi connectivity index (χ0v) is 22.2. The Hall–Kier alpha value is -3.67. The van der Waals surface area contributed by atoms with Crippen LogP contribution in [0.1, 0.15) is 39.1 Å². The van der Waals surface area contributed by atoms with Crippen LogP contribution in [0, 0.1) is 0 Å². The highest BCUT2D eigenvalue weighted by Gasteiger charge is 2.30. The molecule has 1 fully saturated rings. The standard InChI is InChI=1S/C32H31N3O2.ClH/c36-31-26-13-4-3-12-25(26)30-27(31)14-8-15-28(30)32(37)33-17-5-6-18-34-19-21-35(22-20-34)29-16-7-10-23-9-1-2-11-24(23)29;/h1-4,7-16H,5-6,17-22H2,(H,33,37);1H. The summed E-state index contributed by atoms with van der Waals surface area (Å²) in [6.07, 6.45) is 1.97. The molecule has 1 N–H and O–H groups in total. The molecule has 4 aromatic rings. The van der Waals surface area contributed by atoms with Gasteiger partial charge in [-0.25, -0.2) is 0 Å². The van der Waals surface area contributed by atoms with Gasteiger partial charge in [0.15, 0.2) is 5.78 Å². The fraction of sp³-hybridized carbons (Fsp3) is 0.250. The van der Waals surface area contributed by atoms with Crippen molar-refractivity contribution >= 4 is 40.6 Å². The summed E-state index contributed by atoms with van der Waals surface area (Å²) in [5.41, 5.74) is 4.84. The van der Waals surface area contributed by atoms with E-state index in [1.165, 1.54) is 16.5 Å². The molecule has 0 aromatic heterocycles. The van der Waals surface area contributed by atoms with E-state index in [-0.39, 0.29) is 24.1 Å². The highest BCUT2D eigenvalue weighted by Crippen LogP contribution is 2.38. The van der Waals surface area contributed by atoms with E-state index < -0.39 is 0 Å². The van der Waals surface area contributed by atoms with Crippen molar-refractivity contribution in [3.05, 3.63) is 102 Å². The Balaban J connectivity index is 0.00000294. The Morgan fingerprint density at radius 2 is 1.42 bits per heavy atom. The van der Waals surface area contributed by atoms with E-state index in [9.17, 15) is 9.59 Å².